The van der Waals surface area contributed by atoms with Crippen LogP contribution in [0.15, 0.2) is 30.3 Å². The molecule has 0 spiro atoms. The fourth-order valence-electron chi connectivity index (χ4n) is 2.04. The van der Waals surface area contributed by atoms with Gasteiger partial charge in [-0.15, -0.1) is 0 Å². The molecule has 0 radical (unpaired) electrons. The van der Waals surface area contributed by atoms with Gasteiger partial charge >= 0.3 is 0 Å². The molecule has 4 nitrogen and oxygen atoms in total. The topological polar surface area (TPSA) is 45.2 Å². The van der Waals surface area contributed by atoms with E-state index < -0.39 is 0 Å². The van der Waals surface area contributed by atoms with Crippen molar-refractivity contribution in [2.24, 2.45) is 0 Å². The molecule has 2 aromatic rings. The molecule has 1 aromatic carbocycles. The van der Waals surface area contributed by atoms with Crippen molar-refractivity contribution in [1.82, 2.24) is 15.2 Å². The second kappa shape index (κ2) is 5.80. The summed E-state index contributed by atoms with van der Waals surface area (Å²) in [6.07, 6.45) is 0. The minimum absolute atomic E-state index is 0.0379. The van der Waals surface area contributed by atoms with Crippen LogP contribution in [-0.2, 0) is 0 Å². The highest BCUT2D eigenvalue weighted by atomic mass is 16.2. The highest BCUT2D eigenvalue weighted by molar-refractivity contribution is 5.95. The molecule has 0 aliphatic heterocycles. The monoisotopic (exact) mass is 257 g/mol. The molecule has 0 atom stereocenters. The van der Waals surface area contributed by atoms with Crippen LogP contribution in [0.3, 0.4) is 0 Å². The van der Waals surface area contributed by atoms with Gasteiger partial charge in [0.15, 0.2) is 0 Å². The Morgan fingerprint density at radius 1 is 1.37 bits per heavy atom. The Hall–Kier alpha value is -1.94. The summed E-state index contributed by atoms with van der Waals surface area (Å²) in [6, 6.07) is 9.75. The van der Waals surface area contributed by atoms with Crippen molar-refractivity contribution < 1.29 is 4.79 Å². The van der Waals surface area contributed by atoms with E-state index in [1.54, 1.807) is 11.9 Å². The third-order valence-electron chi connectivity index (χ3n) is 3.19. The van der Waals surface area contributed by atoms with Crippen molar-refractivity contribution in [1.29, 1.82) is 0 Å². The summed E-state index contributed by atoms with van der Waals surface area (Å²) in [6.45, 7) is 3.45. The number of carbonyl (C=O) groups is 1. The number of benzene rings is 1. The second-order valence-electron chi connectivity index (χ2n) is 4.67. The number of hydrogen-bond acceptors (Lipinski definition) is 3. The number of para-hydroxylation sites is 1. The Labute approximate surface area is 113 Å². The summed E-state index contributed by atoms with van der Waals surface area (Å²) in [5.74, 6) is -0.0379. The average Bonchev–Trinajstić information content (AvgIpc) is 2.43. The number of likely N-dealkylation sites (N-methyl/N-ethyl adjacent to an activating group) is 2. The maximum absolute atomic E-state index is 12.3. The Morgan fingerprint density at radius 3 is 2.84 bits per heavy atom. The molecule has 4 heteroatoms. The van der Waals surface area contributed by atoms with Crippen LogP contribution < -0.4 is 5.32 Å². The molecule has 0 aliphatic carbocycles. The number of aryl methyl sites for hydroxylation is 1. The molecule has 1 amide bonds. The number of nitrogens with zero attached hydrogens (tertiary/aromatic N) is 2. The van der Waals surface area contributed by atoms with Gasteiger partial charge in [-0.05, 0) is 31.7 Å². The molecule has 2 rings (SSSR count). The third kappa shape index (κ3) is 2.90. The van der Waals surface area contributed by atoms with E-state index in [1.807, 2.05) is 44.3 Å². The normalized spacial score (nSPS) is 10.7. The van der Waals surface area contributed by atoms with Gasteiger partial charge in [0.1, 0.15) is 5.69 Å². The van der Waals surface area contributed by atoms with Gasteiger partial charge in [0.2, 0.25) is 0 Å². The maximum atomic E-state index is 12.3. The van der Waals surface area contributed by atoms with E-state index in [-0.39, 0.29) is 5.91 Å². The number of amides is 1. The fraction of sp³-hybridized carbons (Fsp3) is 0.333. The van der Waals surface area contributed by atoms with Gasteiger partial charge in [0.25, 0.3) is 5.91 Å². The lowest BCUT2D eigenvalue weighted by Gasteiger charge is -2.17. The number of fused-ring (bicyclic) bond motifs is 1. The van der Waals surface area contributed by atoms with E-state index in [0.717, 1.165) is 23.0 Å². The Bertz CT molecular complexity index is 595. The number of pyridine rings is 1. The largest absolute Gasteiger partial charge is 0.339 e. The van der Waals surface area contributed by atoms with E-state index in [2.05, 4.69) is 10.3 Å². The first-order chi connectivity index (χ1) is 9.13. The first-order valence-electron chi connectivity index (χ1n) is 6.40. The number of nitrogens with one attached hydrogen (secondary N) is 1. The van der Waals surface area contributed by atoms with Crippen molar-refractivity contribution in [2.75, 3.05) is 27.2 Å². The van der Waals surface area contributed by atoms with Crippen molar-refractivity contribution in [2.45, 2.75) is 6.92 Å². The molecular weight excluding hydrogens is 238 g/mol. The van der Waals surface area contributed by atoms with Crippen LogP contribution in [-0.4, -0.2) is 43.0 Å². The zero-order valence-corrected chi connectivity index (χ0v) is 11.6. The molecule has 0 aliphatic rings. The predicted molar refractivity (Wildman–Crippen MR) is 77.4 cm³/mol. The highest BCUT2D eigenvalue weighted by Crippen LogP contribution is 2.17. The standard InChI is InChI=1S/C15H19N3O/c1-11-10-14(15(19)18(3)9-8-16-2)17-13-7-5-4-6-12(11)13/h4-7,10,16H,8-9H2,1-3H3. The molecule has 0 bridgehead atoms. The summed E-state index contributed by atoms with van der Waals surface area (Å²) >= 11 is 0. The number of aromatic nitrogens is 1. The summed E-state index contributed by atoms with van der Waals surface area (Å²) in [5.41, 5.74) is 2.46. The zero-order chi connectivity index (χ0) is 13.8. The van der Waals surface area contributed by atoms with Crippen molar-refractivity contribution in [3.8, 4) is 0 Å². The van der Waals surface area contributed by atoms with Gasteiger partial charge in [-0.3, -0.25) is 4.79 Å². The van der Waals surface area contributed by atoms with Crippen LogP contribution in [0.5, 0.6) is 0 Å². The highest BCUT2D eigenvalue weighted by Gasteiger charge is 2.14. The quantitative estimate of drug-likeness (QED) is 0.909. The zero-order valence-electron chi connectivity index (χ0n) is 11.6. The number of rotatable bonds is 4. The van der Waals surface area contributed by atoms with E-state index >= 15 is 0 Å². The molecule has 100 valence electrons. The van der Waals surface area contributed by atoms with Gasteiger partial charge < -0.3 is 10.2 Å². The molecule has 0 saturated heterocycles. The molecule has 1 N–H and O–H groups in total. The minimum Gasteiger partial charge on any atom is -0.339 e. The number of hydrogen-bond donors (Lipinski definition) is 1. The summed E-state index contributed by atoms with van der Waals surface area (Å²) in [7, 11) is 3.67. The van der Waals surface area contributed by atoms with Gasteiger partial charge in [-0.1, -0.05) is 18.2 Å². The van der Waals surface area contributed by atoms with Gasteiger partial charge in [-0.2, -0.15) is 0 Å². The number of carbonyl (C=O) groups excluding carboxylic acids is 1. The second-order valence-corrected chi connectivity index (χ2v) is 4.67. The van der Waals surface area contributed by atoms with Crippen LogP contribution in [0.25, 0.3) is 10.9 Å². The van der Waals surface area contributed by atoms with Crippen molar-refractivity contribution in [3.63, 3.8) is 0 Å². The smallest absolute Gasteiger partial charge is 0.272 e. The van der Waals surface area contributed by atoms with Crippen LogP contribution >= 0.6 is 0 Å². The molecular formula is C15H19N3O. The summed E-state index contributed by atoms with van der Waals surface area (Å²) in [4.78, 5) is 18.4. The minimum atomic E-state index is -0.0379. The van der Waals surface area contributed by atoms with Crippen LogP contribution in [0.2, 0.25) is 0 Å². The van der Waals surface area contributed by atoms with Crippen LogP contribution in [0, 0.1) is 6.92 Å². The Morgan fingerprint density at radius 2 is 2.11 bits per heavy atom. The lowest BCUT2D eigenvalue weighted by molar-refractivity contribution is 0.0791. The lowest BCUT2D eigenvalue weighted by atomic mass is 10.1. The van der Waals surface area contributed by atoms with Crippen LogP contribution in [0.4, 0.5) is 0 Å². The molecule has 0 fully saturated rings. The van der Waals surface area contributed by atoms with E-state index in [4.69, 9.17) is 0 Å². The Balaban J connectivity index is 2.32. The first-order valence-corrected chi connectivity index (χ1v) is 6.40. The van der Waals surface area contributed by atoms with Gasteiger partial charge in [0.05, 0.1) is 5.52 Å². The Kier molecular flexibility index (Phi) is 4.12. The molecule has 1 heterocycles. The van der Waals surface area contributed by atoms with Crippen molar-refractivity contribution in [3.05, 3.63) is 41.6 Å². The predicted octanol–water partition coefficient (Wildman–Crippen LogP) is 1.83. The fourth-order valence-corrected chi connectivity index (χ4v) is 2.04. The lowest BCUT2D eigenvalue weighted by Crippen LogP contribution is -2.33. The van der Waals surface area contributed by atoms with E-state index in [0.29, 0.717) is 12.2 Å². The molecule has 1 aromatic heterocycles. The SMILES string of the molecule is CNCCN(C)C(=O)c1cc(C)c2ccccc2n1. The van der Waals surface area contributed by atoms with Crippen molar-refractivity contribution >= 4 is 16.8 Å². The van der Waals surface area contributed by atoms with Gasteiger partial charge in [-0.25, -0.2) is 4.98 Å². The molecule has 19 heavy (non-hydrogen) atoms. The first kappa shape index (κ1) is 13.5. The van der Waals surface area contributed by atoms with E-state index in [9.17, 15) is 4.79 Å². The maximum Gasteiger partial charge on any atom is 0.272 e. The van der Waals surface area contributed by atoms with E-state index in [1.165, 1.54) is 0 Å². The van der Waals surface area contributed by atoms with Crippen LogP contribution in [0.1, 0.15) is 16.1 Å². The molecule has 0 unspecified atom stereocenters. The molecule has 0 saturated carbocycles. The summed E-state index contributed by atoms with van der Waals surface area (Å²) in [5, 5.41) is 4.13. The third-order valence-corrected chi connectivity index (χ3v) is 3.19. The summed E-state index contributed by atoms with van der Waals surface area (Å²) < 4.78 is 0. The average molecular weight is 257 g/mol. The van der Waals surface area contributed by atoms with Gasteiger partial charge in [0, 0.05) is 25.5 Å².